The number of benzene rings is 1. The lowest BCUT2D eigenvalue weighted by Crippen LogP contribution is -2.48. The van der Waals surface area contributed by atoms with Gasteiger partial charge >= 0.3 is 6.03 Å². The van der Waals surface area contributed by atoms with Crippen LogP contribution in [0, 0.1) is 5.82 Å². The number of rotatable bonds is 6. The van der Waals surface area contributed by atoms with Gasteiger partial charge in [-0.25, -0.2) is 9.18 Å². The standard InChI is InChI=1S/C15H18FN3O4/c1-15(9-23-2)13(21)19(14(22)18-15)7-6-12(20)17-11-5-3-4-10(16)8-11/h3-5,8H,6-7,9H2,1-2H3,(H,17,20)(H,18,22)/t15-/m0/s1. The summed E-state index contributed by atoms with van der Waals surface area (Å²) in [6.45, 7) is 1.54. The molecule has 23 heavy (non-hydrogen) atoms. The summed E-state index contributed by atoms with van der Waals surface area (Å²) in [4.78, 5) is 36.9. The predicted octanol–water partition coefficient (Wildman–Crippen LogP) is 1.11. The van der Waals surface area contributed by atoms with E-state index in [2.05, 4.69) is 10.6 Å². The molecule has 0 saturated carbocycles. The van der Waals surface area contributed by atoms with E-state index < -0.39 is 29.2 Å². The van der Waals surface area contributed by atoms with E-state index in [4.69, 9.17) is 4.74 Å². The molecular weight excluding hydrogens is 305 g/mol. The molecule has 1 atom stereocenters. The van der Waals surface area contributed by atoms with Crippen molar-refractivity contribution in [2.24, 2.45) is 0 Å². The normalized spacial score (nSPS) is 20.6. The van der Waals surface area contributed by atoms with Gasteiger partial charge in [0.15, 0.2) is 0 Å². The highest BCUT2D eigenvalue weighted by molar-refractivity contribution is 6.07. The molecule has 0 bridgehead atoms. The van der Waals surface area contributed by atoms with Crippen LogP contribution in [0.3, 0.4) is 0 Å². The molecule has 1 saturated heterocycles. The number of hydrogen-bond acceptors (Lipinski definition) is 4. The molecule has 8 heteroatoms. The number of nitrogens with zero attached hydrogens (tertiary/aromatic N) is 1. The molecule has 2 rings (SSSR count). The van der Waals surface area contributed by atoms with Gasteiger partial charge in [-0.15, -0.1) is 0 Å². The number of hydrogen-bond donors (Lipinski definition) is 2. The average Bonchev–Trinajstić information content (AvgIpc) is 2.67. The van der Waals surface area contributed by atoms with Crippen LogP contribution in [0.4, 0.5) is 14.9 Å². The van der Waals surface area contributed by atoms with Gasteiger partial charge in [-0.05, 0) is 25.1 Å². The summed E-state index contributed by atoms with van der Waals surface area (Å²) in [6.07, 6.45) is -0.0846. The van der Waals surface area contributed by atoms with Crippen LogP contribution in [0.15, 0.2) is 24.3 Å². The third-order valence-electron chi connectivity index (χ3n) is 3.45. The fourth-order valence-electron chi connectivity index (χ4n) is 2.34. The van der Waals surface area contributed by atoms with Crippen molar-refractivity contribution in [2.45, 2.75) is 18.9 Å². The highest BCUT2D eigenvalue weighted by atomic mass is 19.1. The minimum Gasteiger partial charge on any atom is -0.382 e. The van der Waals surface area contributed by atoms with Crippen molar-refractivity contribution in [1.29, 1.82) is 0 Å². The molecule has 2 N–H and O–H groups in total. The van der Waals surface area contributed by atoms with Crippen molar-refractivity contribution < 1.29 is 23.5 Å². The fourth-order valence-corrected chi connectivity index (χ4v) is 2.34. The number of anilines is 1. The van der Waals surface area contributed by atoms with Gasteiger partial charge in [0.05, 0.1) is 6.61 Å². The molecule has 0 aromatic heterocycles. The Hall–Kier alpha value is -2.48. The zero-order valence-electron chi connectivity index (χ0n) is 12.9. The number of amides is 4. The second kappa shape index (κ2) is 6.74. The molecule has 124 valence electrons. The van der Waals surface area contributed by atoms with Crippen LogP contribution in [0.1, 0.15) is 13.3 Å². The van der Waals surface area contributed by atoms with Crippen LogP contribution in [-0.2, 0) is 14.3 Å². The van der Waals surface area contributed by atoms with Gasteiger partial charge in [-0.1, -0.05) is 6.07 Å². The second-order valence-electron chi connectivity index (χ2n) is 5.46. The van der Waals surface area contributed by atoms with Crippen LogP contribution in [0.5, 0.6) is 0 Å². The highest BCUT2D eigenvalue weighted by Gasteiger charge is 2.47. The Bertz CT molecular complexity index is 637. The van der Waals surface area contributed by atoms with E-state index in [1.165, 1.54) is 25.3 Å². The second-order valence-corrected chi connectivity index (χ2v) is 5.46. The molecule has 1 aromatic carbocycles. The molecule has 1 aromatic rings. The summed E-state index contributed by atoms with van der Waals surface area (Å²) in [5.74, 6) is -1.33. The van der Waals surface area contributed by atoms with Crippen LogP contribution < -0.4 is 10.6 Å². The van der Waals surface area contributed by atoms with Crippen LogP contribution in [0.2, 0.25) is 0 Å². The molecule has 1 aliphatic rings. The zero-order chi connectivity index (χ0) is 17.0. The van der Waals surface area contributed by atoms with Crippen molar-refractivity contribution >= 4 is 23.5 Å². The number of methoxy groups -OCH3 is 1. The smallest absolute Gasteiger partial charge is 0.325 e. The Morgan fingerprint density at radius 3 is 2.83 bits per heavy atom. The number of imide groups is 1. The summed E-state index contributed by atoms with van der Waals surface area (Å²) in [5.41, 5.74) is -0.804. The molecule has 0 aliphatic carbocycles. The maximum atomic E-state index is 13.0. The van der Waals surface area contributed by atoms with E-state index in [1.54, 1.807) is 13.0 Å². The van der Waals surface area contributed by atoms with E-state index in [-0.39, 0.29) is 19.6 Å². The molecular formula is C15H18FN3O4. The van der Waals surface area contributed by atoms with E-state index in [0.717, 1.165) is 4.90 Å². The van der Waals surface area contributed by atoms with E-state index >= 15 is 0 Å². The third-order valence-corrected chi connectivity index (χ3v) is 3.45. The monoisotopic (exact) mass is 323 g/mol. The maximum absolute atomic E-state index is 13.0. The molecule has 1 aliphatic heterocycles. The first-order chi connectivity index (χ1) is 10.9. The predicted molar refractivity (Wildman–Crippen MR) is 80.2 cm³/mol. The quantitative estimate of drug-likeness (QED) is 0.768. The number of nitrogens with one attached hydrogen (secondary N) is 2. The minimum absolute atomic E-state index is 0.0452. The molecule has 0 spiro atoms. The Kier molecular flexibility index (Phi) is 4.95. The largest absolute Gasteiger partial charge is 0.382 e. The highest BCUT2D eigenvalue weighted by Crippen LogP contribution is 2.18. The van der Waals surface area contributed by atoms with Crippen molar-refractivity contribution in [3.63, 3.8) is 0 Å². The minimum atomic E-state index is -1.12. The van der Waals surface area contributed by atoms with Gasteiger partial charge in [0, 0.05) is 25.8 Å². The lowest BCUT2D eigenvalue weighted by Gasteiger charge is -2.20. The fraction of sp³-hybridized carbons (Fsp3) is 0.400. The summed E-state index contributed by atoms with van der Waals surface area (Å²) in [6, 6.07) is 4.90. The Morgan fingerprint density at radius 2 is 2.17 bits per heavy atom. The number of carbonyl (C=O) groups excluding carboxylic acids is 3. The molecule has 7 nitrogen and oxygen atoms in total. The van der Waals surface area contributed by atoms with Gasteiger partial charge in [0.1, 0.15) is 11.4 Å². The van der Waals surface area contributed by atoms with E-state index in [1.807, 2.05) is 0 Å². The van der Waals surface area contributed by atoms with Crippen LogP contribution in [0.25, 0.3) is 0 Å². The summed E-state index contributed by atoms with van der Waals surface area (Å²) in [7, 11) is 1.43. The topological polar surface area (TPSA) is 87.7 Å². The number of ether oxygens (including phenoxy) is 1. The first kappa shape index (κ1) is 16.9. The Morgan fingerprint density at radius 1 is 1.43 bits per heavy atom. The molecule has 1 fully saturated rings. The van der Waals surface area contributed by atoms with E-state index in [9.17, 15) is 18.8 Å². The lowest BCUT2D eigenvalue weighted by atomic mass is 10.0. The number of urea groups is 1. The van der Waals surface area contributed by atoms with Gasteiger partial charge in [-0.3, -0.25) is 14.5 Å². The molecule has 0 radical (unpaired) electrons. The maximum Gasteiger partial charge on any atom is 0.325 e. The van der Waals surface area contributed by atoms with Crippen molar-refractivity contribution in [2.75, 3.05) is 25.6 Å². The van der Waals surface area contributed by atoms with Crippen molar-refractivity contribution in [1.82, 2.24) is 10.2 Å². The first-order valence-corrected chi connectivity index (χ1v) is 7.04. The molecule has 0 unspecified atom stereocenters. The number of carbonyl (C=O) groups is 3. The van der Waals surface area contributed by atoms with Crippen LogP contribution >= 0.6 is 0 Å². The molecule has 4 amide bonds. The number of halogens is 1. The van der Waals surface area contributed by atoms with Crippen molar-refractivity contribution in [3.8, 4) is 0 Å². The summed E-state index contributed by atoms with van der Waals surface area (Å²) in [5, 5.41) is 5.05. The lowest BCUT2D eigenvalue weighted by molar-refractivity contribution is -0.132. The Labute approximate surface area is 132 Å². The average molecular weight is 323 g/mol. The SMILES string of the molecule is COC[C@]1(C)NC(=O)N(CCC(=O)Nc2cccc(F)c2)C1=O. The summed E-state index contributed by atoms with van der Waals surface area (Å²) < 4.78 is 18.0. The van der Waals surface area contributed by atoms with Gasteiger partial charge in [0.25, 0.3) is 5.91 Å². The van der Waals surface area contributed by atoms with Gasteiger partial charge in [-0.2, -0.15) is 0 Å². The van der Waals surface area contributed by atoms with E-state index in [0.29, 0.717) is 5.69 Å². The third kappa shape index (κ3) is 3.84. The first-order valence-electron chi connectivity index (χ1n) is 7.04. The van der Waals surface area contributed by atoms with Crippen molar-refractivity contribution in [3.05, 3.63) is 30.1 Å². The van der Waals surface area contributed by atoms with Gasteiger partial charge in [0.2, 0.25) is 5.91 Å². The van der Waals surface area contributed by atoms with Crippen LogP contribution in [-0.4, -0.2) is 48.5 Å². The Balaban J connectivity index is 1.91. The zero-order valence-corrected chi connectivity index (χ0v) is 12.9. The van der Waals surface area contributed by atoms with Gasteiger partial charge < -0.3 is 15.4 Å². The molecule has 1 heterocycles. The summed E-state index contributed by atoms with van der Waals surface area (Å²) >= 11 is 0.